The maximum atomic E-state index is 5.91. The summed E-state index contributed by atoms with van der Waals surface area (Å²) in [7, 11) is 0. The van der Waals surface area contributed by atoms with Gasteiger partial charge in [0.1, 0.15) is 0 Å². The Balaban J connectivity index is 2.38. The van der Waals surface area contributed by atoms with E-state index in [9.17, 15) is 0 Å². The molecule has 2 atom stereocenters. The summed E-state index contributed by atoms with van der Waals surface area (Å²) < 4.78 is 0. The van der Waals surface area contributed by atoms with Crippen LogP contribution in [0.15, 0.2) is 0 Å². The molecule has 1 aromatic heterocycles. The fourth-order valence-corrected chi connectivity index (χ4v) is 4.31. The van der Waals surface area contributed by atoms with Crippen LogP contribution in [0.25, 0.3) is 0 Å². The zero-order chi connectivity index (χ0) is 14.2. The van der Waals surface area contributed by atoms with Crippen molar-refractivity contribution in [2.75, 3.05) is 4.90 Å². The van der Waals surface area contributed by atoms with E-state index in [2.05, 4.69) is 39.5 Å². The zero-order valence-electron chi connectivity index (χ0n) is 12.9. The molecular formula is C15H27N3S. The molecule has 2 rings (SSSR count). The zero-order valence-corrected chi connectivity index (χ0v) is 13.7. The van der Waals surface area contributed by atoms with Crippen LogP contribution in [0.3, 0.4) is 0 Å². The van der Waals surface area contributed by atoms with E-state index in [1.54, 1.807) is 11.3 Å². The van der Waals surface area contributed by atoms with Crippen molar-refractivity contribution in [2.45, 2.75) is 77.9 Å². The molecule has 2 unspecified atom stereocenters. The lowest BCUT2D eigenvalue weighted by molar-refractivity contribution is 0.562. The molecule has 0 radical (unpaired) electrons. The van der Waals surface area contributed by atoms with Gasteiger partial charge in [-0.1, -0.05) is 27.7 Å². The topological polar surface area (TPSA) is 42.2 Å². The molecule has 3 nitrogen and oxygen atoms in total. The molecule has 0 aromatic carbocycles. The van der Waals surface area contributed by atoms with E-state index >= 15 is 0 Å². The van der Waals surface area contributed by atoms with Gasteiger partial charge in [-0.05, 0) is 26.2 Å². The Hall–Kier alpha value is -0.610. The summed E-state index contributed by atoms with van der Waals surface area (Å²) in [4.78, 5) is 8.72. The van der Waals surface area contributed by atoms with Crippen LogP contribution >= 0.6 is 11.3 Å². The van der Waals surface area contributed by atoms with E-state index < -0.39 is 0 Å². The fourth-order valence-electron chi connectivity index (χ4n) is 2.99. The van der Waals surface area contributed by atoms with Crippen molar-refractivity contribution in [3.8, 4) is 0 Å². The average Bonchev–Trinajstić information content (AvgIpc) is 2.90. The number of hydrogen-bond acceptors (Lipinski definition) is 4. The van der Waals surface area contributed by atoms with Crippen LogP contribution in [0.4, 0.5) is 5.13 Å². The highest BCUT2D eigenvalue weighted by Gasteiger charge is 2.33. The van der Waals surface area contributed by atoms with Gasteiger partial charge in [-0.2, -0.15) is 0 Å². The second-order valence-electron chi connectivity index (χ2n) is 6.62. The number of thiazole rings is 1. The van der Waals surface area contributed by atoms with Gasteiger partial charge < -0.3 is 10.6 Å². The van der Waals surface area contributed by atoms with Crippen molar-refractivity contribution in [3.05, 3.63) is 10.6 Å². The molecule has 0 spiro atoms. The minimum Gasteiger partial charge on any atom is -0.342 e. The first-order chi connectivity index (χ1) is 8.88. The van der Waals surface area contributed by atoms with Crippen molar-refractivity contribution in [1.29, 1.82) is 0 Å². The lowest BCUT2D eigenvalue weighted by Gasteiger charge is -2.27. The smallest absolute Gasteiger partial charge is 0.186 e. The quantitative estimate of drug-likeness (QED) is 0.919. The first-order valence-corrected chi connectivity index (χ1v) is 8.18. The first-order valence-electron chi connectivity index (χ1n) is 7.37. The Morgan fingerprint density at radius 3 is 2.53 bits per heavy atom. The van der Waals surface area contributed by atoms with E-state index in [4.69, 9.17) is 10.7 Å². The molecule has 1 aliphatic heterocycles. The van der Waals surface area contributed by atoms with Crippen LogP contribution in [-0.4, -0.2) is 17.1 Å². The molecule has 1 aliphatic rings. The summed E-state index contributed by atoms with van der Waals surface area (Å²) in [5.41, 5.74) is 7.17. The second kappa shape index (κ2) is 5.41. The molecule has 4 heteroatoms. The molecule has 19 heavy (non-hydrogen) atoms. The summed E-state index contributed by atoms with van der Waals surface area (Å²) in [5, 5.41) is 1.18. The predicted octanol–water partition coefficient (Wildman–Crippen LogP) is 3.67. The number of hydrogen-bond donors (Lipinski definition) is 1. The highest BCUT2D eigenvalue weighted by Crippen LogP contribution is 2.38. The highest BCUT2D eigenvalue weighted by molar-refractivity contribution is 7.15. The molecule has 0 bridgehead atoms. The number of nitrogens with two attached hydrogens (primary N) is 1. The third-order valence-electron chi connectivity index (χ3n) is 4.06. The Labute approximate surface area is 121 Å². The fraction of sp³-hybridized carbons (Fsp3) is 0.800. The van der Waals surface area contributed by atoms with Crippen LogP contribution in [-0.2, 0) is 12.0 Å². The molecule has 1 saturated heterocycles. The Kier molecular flexibility index (Phi) is 4.21. The van der Waals surface area contributed by atoms with Gasteiger partial charge in [-0.15, -0.1) is 11.3 Å². The molecule has 2 heterocycles. The summed E-state index contributed by atoms with van der Waals surface area (Å²) in [6.07, 6.45) is 3.77. The number of rotatable bonds is 3. The molecule has 0 aliphatic carbocycles. The number of aromatic nitrogens is 1. The van der Waals surface area contributed by atoms with Crippen molar-refractivity contribution in [1.82, 2.24) is 4.98 Å². The molecule has 108 valence electrons. The van der Waals surface area contributed by atoms with Gasteiger partial charge in [-0.3, -0.25) is 0 Å². The van der Waals surface area contributed by atoms with Crippen molar-refractivity contribution >= 4 is 16.5 Å². The molecule has 1 aromatic rings. The lowest BCUT2D eigenvalue weighted by atomic mass is 9.91. The van der Waals surface area contributed by atoms with Gasteiger partial charge in [-0.25, -0.2) is 4.98 Å². The molecular weight excluding hydrogens is 254 g/mol. The summed E-state index contributed by atoms with van der Waals surface area (Å²) in [6, 6.07) is 1.26. The first kappa shape index (κ1) is 14.8. The summed E-state index contributed by atoms with van der Waals surface area (Å²) in [5.74, 6) is 0. The third-order valence-corrected chi connectivity index (χ3v) is 5.15. The molecule has 0 saturated carbocycles. The van der Waals surface area contributed by atoms with Crippen LogP contribution in [0, 0.1) is 0 Å². The van der Waals surface area contributed by atoms with Crippen LogP contribution in [0.1, 0.15) is 64.5 Å². The Bertz CT molecular complexity index is 433. The SMILES string of the molecule is CCC1CCC(C)N1c1nc(C(C)(C)C)c(CN)s1. The minimum absolute atomic E-state index is 0.0775. The second-order valence-corrected chi connectivity index (χ2v) is 7.68. The molecule has 0 amide bonds. The normalized spacial score (nSPS) is 24.2. The predicted molar refractivity (Wildman–Crippen MR) is 84.0 cm³/mol. The van der Waals surface area contributed by atoms with Crippen LogP contribution in [0.5, 0.6) is 0 Å². The molecule has 2 N–H and O–H groups in total. The van der Waals surface area contributed by atoms with Crippen molar-refractivity contribution in [2.24, 2.45) is 5.73 Å². The van der Waals surface area contributed by atoms with Crippen LogP contribution in [0.2, 0.25) is 0 Å². The van der Waals surface area contributed by atoms with E-state index in [1.807, 2.05) is 0 Å². The Morgan fingerprint density at radius 1 is 1.37 bits per heavy atom. The maximum absolute atomic E-state index is 5.91. The van der Waals surface area contributed by atoms with Gasteiger partial charge in [0.15, 0.2) is 5.13 Å². The monoisotopic (exact) mass is 281 g/mol. The summed E-state index contributed by atoms with van der Waals surface area (Å²) >= 11 is 1.80. The van der Waals surface area contributed by atoms with Crippen molar-refractivity contribution < 1.29 is 0 Å². The summed E-state index contributed by atoms with van der Waals surface area (Å²) in [6.45, 7) is 11.8. The van der Waals surface area contributed by atoms with Crippen molar-refractivity contribution in [3.63, 3.8) is 0 Å². The number of anilines is 1. The standard InChI is InChI=1S/C15H27N3S/c1-6-11-8-7-10(2)18(11)14-17-13(15(3,4)5)12(9-16)19-14/h10-11H,6-9,16H2,1-5H3. The van der Waals surface area contributed by atoms with E-state index in [0.29, 0.717) is 18.6 Å². The van der Waals surface area contributed by atoms with Gasteiger partial charge >= 0.3 is 0 Å². The van der Waals surface area contributed by atoms with Gasteiger partial charge in [0.25, 0.3) is 0 Å². The van der Waals surface area contributed by atoms with Gasteiger partial charge in [0.05, 0.1) is 5.69 Å². The lowest BCUT2D eigenvalue weighted by Crippen LogP contribution is -2.34. The van der Waals surface area contributed by atoms with E-state index in [-0.39, 0.29) is 5.41 Å². The van der Waals surface area contributed by atoms with Crippen LogP contribution < -0.4 is 10.6 Å². The van der Waals surface area contributed by atoms with E-state index in [0.717, 1.165) is 0 Å². The largest absolute Gasteiger partial charge is 0.342 e. The maximum Gasteiger partial charge on any atom is 0.186 e. The number of nitrogens with zero attached hydrogens (tertiary/aromatic N) is 2. The molecule has 1 fully saturated rings. The third kappa shape index (κ3) is 2.79. The van der Waals surface area contributed by atoms with Gasteiger partial charge in [0, 0.05) is 28.9 Å². The average molecular weight is 281 g/mol. The van der Waals surface area contributed by atoms with E-state index in [1.165, 1.54) is 35.0 Å². The van der Waals surface area contributed by atoms with Gasteiger partial charge in [0.2, 0.25) is 0 Å². The highest BCUT2D eigenvalue weighted by atomic mass is 32.1. The minimum atomic E-state index is 0.0775. The Morgan fingerprint density at radius 2 is 2.05 bits per heavy atom.